The van der Waals surface area contributed by atoms with Gasteiger partial charge in [-0.1, -0.05) is 42.5 Å². The lowest BCUT2D eigenvalue weighted by atomic mass is 10.1. The van der Waals surface area contributed by atoms with E-state index >= 15 is 0 Å². The molecule has 0 saturated carbocycles. The summed E-state index contributed by atoms with van der Waals surface area (Å²) >= 11 is 0. The Morgan fingerprint density at radius 3 is 2.46 bits per heavy atom. The highest BCUT2D eigenvalue weighted by Crippen LogP contribution is 2.27. The van der Waals surface area contributed by atoms with Crippen LogP contribution in [0.15, 0.2) is 54.6 Å². The molecule has 0 aromatic heterocycles. The summed E-state index contributed by atoms with van der Waals surface area (Å²) < 4.78 is 45.9. The van der Waals surface area contributed by atoms with Gasteiger partial charge in [0, 0.05) is 12.6 Å². The highest BCUT2D eigenvalue weighted by molar-refractivity contribution is 7.88. The Morgan fingerprint density at radius 2 is 1.79 bits per heavy atom. The maximum atomic E-state index is 13.0. The molecule has 2 aromatic carbocycles. The molecular weight excluding hydrogens is 329 g/mol. The van der Waals surface area contributed by atoms with Crippen molar-refractivity contribution < 1.29 is 17.5 Å². The SMILES string of the molecule is CC1COC(c2ccccc2)CN1S(=O)(=O)Cc1ccc(F)cc1. The molecule has 1 aliphatic heterocycles. The highest BCUT2D eigenvalue weighted by atomic mass is 32.2. The normalized spacial score (nSPS) is 22.4. The van der Waals surface area contributed by atoms with E-state index in [1.165, 1.54) is 28.6 Å². The summed E-state index contributed by atoms with van der Waals surface area (Å²) in [6.45, 7) is 2.47. The van der Waals surface area contributed by atoms with Crippen LogP contribution < -0.4 is 0 Å². The van der Waals surface area contributed by atoms with Crippen LogP contribution in [0.3, 0.4) is 0 Å². The Hall–Kier alpha value is -1.76. The van der Waals surface area contributed by atoms with Crippen LogP contribution in [0.1, 0.15) is 24.2 Å². The van der Waals surface area contributed by atoms with Crippen LogP contribution in [0.2, 0.25) is 0 Å². The molecule has 2 atom stereocenters. The molecule has 1 saturated heterocycles. The van der Waals surface area contributed by atoms with Gasteiger partial charge in [-0.15, -0.1) is 0 Å². The Labute approximate surface area is 141 Å². The van der Waals surface area contributed by atoms with E-state index in [4.69, 9.17) is 4.74 Å². The van der Waals surface area contributed by atoms with Crippen molar-refractivity contribution in [2.75, 3.05) is 13.2 Å². The van der Waals surface area contributed by atoms with Crippen molar-refractivity contribution in [1.82, 2.24) is 4.31 Å². The van der Waals surface area contributed by atoms with E-state index in [2.05, 4.69) is 0 Å². The van der Waals surface area contributed by atoms with E-state index in [-0.39, 0.29) is 30.3 Å². The van der Waals surface area contributed by atoms with E-state index in [1.54, 1.807) is 0 Å². The zero-order valence-electron chi connectivity index (χ0n) is 13.4. The van der Waals surface area contributed by atoms with Gasteiger partial charge in [-0.05, 0) is 30.2 Å². The largest absolute Gasteiger partial charge is 0.370 e. The number of nitrogens with zero attached hydrogens (tertiary/aromatic N) is 1. The van der Waals surface area contributed by atoms with Gasteiger partial charge in [0.1, 0.15) is 5.82 Å². The average Bonchev–Trinajstić information content (AvgIpc) is 2.58. The summed E-state index contributed by atoms with van der Waals surface area (Å²) in [6, 6.07) is 15.0. The van der Waals surface area contributed by atoms with Gasteiger partial charge in [0.2, 0.25) is 10.0 Å². The van der Waals surface area contributed by atoms with Crippen molar-refractivity contribution >= 4 is 10.0 Å². The number of halogens is 1. The first-order valence-corrected chi connectivity index (χ1v) is 9.47. The first-order valence-electron chi connectivity index (χ1n) is 7.86. The zero-order valence-corrected chi connectivity index (χ0v) is 14.2. The molecule has 0 spiro atoms. The fourth-order valence-electron chi connectivity index (χ4n) is 2.87. The number of morpholine rings is 1. The molecule has 128 valence electrons. The number of sulfonamides is 1. The predicted octanol–water partition coefficient (Wildman–Crippen LogP) is 3.12. The monoisotopic (exact) mass is 349 g/mol. The number of benzene rings is 2. The lowest BCUT2D eigenvalue weighted by Gasteiger charge is -2.37. The topological polar surface area (TPSA) is 46.6 Å². The van der Waals surface area contributed by atoms with E-state index in [9.17, 15) is 12.8 Å². The molecule has 1 fully saturated rings. The van der Waals surface area contributed by atoms with Crippen molar-refractivity contribution in [2.45, 2.75) is 24.8 Å². The lowest BCUT2D eigenvalue weighted by Crippen LogP contribution is -2.48. The minimum atomic E-state index is -3.51. The van der Waals surface area contributed by atoms with Crippen molar-refractivity contribution in [3.05, 3.63) is 71.5 Å². The van der Waals surface area contributed by atoms with E-state index in [1.807, 2.05) is 37.3 Å². The molecule has 6 heteroatoms. The second-order valence-electron chi connectivity index (χ2n) is 6.03. The van der Waals surface area contributed by atoms with Crippen molar-refractivity contribution in [3.8, 4) is 0 Å². The standard InChI is InChI=1S/C18H20FNO3S/c1-14-12-23-18(16-5-3-2-4-6-16)11-20(14)24(21,22)13-15-7-9-17(19)10-8-15/h2-10,14,18H,11-13H2,1H3. The summed E-state index contributed by atoms with van der Waals surface area (Å²) in [5.41, 5.74) is 1.54. The highest BCUT2D eigenvalue weighted by Gasteiger charge is 2.35. The van der Waals surface area contributed by atoms with Gasteiger partial charge in [0.15, 0.2) is 0 Å². The van der Waals surface area contributed by atoms with Gasteiger partial charge in [-0.2, -0.15) is 4.31 Å². The molecule has 0 aliphatic carbocycles. The fourth-order valence-corrected chi connectivity index (χ4v) is 4.62. The third-order valence-electron chi connectivity index (χ3n) is 4.17. The molecule has 2 unspecified atom stereocenters. The predicted molar refractivity (Wildman–Crippen MR) is 90.3 cm³/mol. The molecule has 1 heterocycles. The molecule has 2 aromatic rings. The van der Waals surface area contributed by atoms with Crippen LogP contribution in [0.25, 0.3) is 0 Å². The molecule has 3 rings (SSSR count). The lowest BCUT2D eigenvalue weighted by molar-refractivity contribution is -0.0289. The maximum absolute atomic E-state index is 13.0. The summed E-state index contributed by atoms with van der Waals surface area (Å²) in [5.74, 6) is -0.515. The van der Waals surface area contributed by atoms with E-state index in [0.717, 1.165) is 5.56 Å². The average molecular weight is 349 g/mol. The van der Waals surface area contributed by atoms with Gasteiger partial charge < -0.3 is 4.74 Å². The molecule has 1 aliphatic rings. The van der Waals surface area contributed by atoms with E-state index in [0.29, 0.717) is 12.2 Å². The van der Waals surface area contributed by atoms with Crippen molar-refractivity contribution in [3.63, 3.8) is 0 Å². The van der Waals surface area contributed by atoms with E-state index < -0.39 is 10.0 Å². The third-order valence-corrected chi connectivity index (χ3v) is 6.09. The molecule has 0 radical (unpaired) electrons. The first kappa shape index (κ1) is 17.1. The Morgan fingerprint density at radius 1 is 1.12 bits per heavy atom. The van der Waals surface area contributed by atoms with Crippen LogP contribution in [-0.2, 0) is 20.5 Å². The van der Waals surface area contributed by atoms with Crippen LogP contribution in [0.5, 0.6) is 0 Å². The fraction of sp³-hybridized carbons (Fsp3) is 0.333. The number of hydrogen-bond donors (Lipinski definition) is 0. The Kier molecular flexibility index (Phi) is 4.99. The second kappa shape index (κ2) is 7.01. The van der Waals surface area contributed by atoms with Crippen LogP contribution >= 0.6 is 0 Å². The number of hydrogen-bond acceptors (Lipinski definition) is 3. The molecule has 24 heavy (non-hydrogen) atoms. The molecule has 0 amide bonds. The van der Waals surface area contributed by atoms with Crippen LogP contribution in [0.4, 0.5) is 4.39 Å². The summed E-state index contributed by atoms with van der Waals surface area (Å²) in [5, 5.41) is 0. The number of ether oxygens (including phenoxy) is 1. The van der Waals surface area contributed by atoms with Crippen LogP contribution in [-0.4, -0.2) is 31.9 Å². The van der Waals surface area contributed by atoms with Crippen LogP contribution in [0, 0.1) is 5.82 Å². The summed E-state index contributed by atoms with van der Waals surface area (Å²) in [6.07, 6.45) is -0.273. The Balaban J connectivity index is 1.78. The molecule has 0 N–H and O–H groups in total. The smallest absolute Gasteiger partial charge is 0.218 e. The van der Waals surface area contributed by atoms with Gasteiger partial charge in [0.05, 0.1) is 18.5 Å². The Bertz CT molecular complexity index is 778. The zero-order chi connectivity index (χ0) is 17.2. The van der Waals surface area contributed by atoms with Gasteiger partial charge in [-0.25, -0.2) is 12.8 Å². The third kappa shape index (κ3) is 3.83. The minimum Gasteiger partial charge on any atom is -0.370 e. The quantitative estimate of drug-likeness (QED) is 0.852. The second-order valence-corrected chi connectivity index (χ2v) is 7.96. The number of rotatable bonds is 4. The molecule has 4 nitrogen and oxygen atoms in total. The maximum Gasteiger partial charge on any atom is 0.218 e. The van der Waals surface area contributed by atoms with Crippen molar-refractivity contribution in [2.24, 2.45) is 0 Å². The molecular formula is C18H20FNO3S. The van der Waals surface area contributed by atoms with Crippen molar-refractivity contribution in [1.29, 1.82) is 0 Å². The van der Waals surface area contributed by atoms with Gasteiger partial charge in [-0.3, -0.25) is 0 Å². The van der Waals surface area contributed by atoms with Gasteiger partial charge >= 0.3 is 0 Å². The molecule has 0 bridgehead atoms. The van der Waals surface area contributed by atoms with Gasteiger partial charge in [0.25, 0.3) is 0 Å². The first-order chi connectivity index (χ1) is 11.5. The summed E-state index contributed by atoms with van der Waals surface area (Å²) in [4.78, 5) is 0. The summed E-state index contributed by atoms with van der Waals surface area (Å²) in [7, 11) is -3.51. The minimum absolute atomic E-state index is 0.140.